The molecule has 13 heavy (non-hydrogen) atoms. The Hall–Kier alpha value is -0.370. The predicted octanol–water partition coefficient (Wildman–Crippen LogP) is 1.84. The van der Waals surface area contributed by atoms with E-state index in [0.29, 0.717) is 23.8 Å². The van der Waals surface area contributed by atoms with Gasteiger partial charge in [-0.15, -0.1) is 0 Å². The monoisotopic (exact) mass is 181 g/mol. The third kappa shape index (κ3) is 1.64. The van der Waals surface area contributed by atoms with Gasteiger partial charge in [0.1, 0.15) is 5.78 Å². The second-order valence-corrected chi connectivity index (χ2v) is 5.16. The lowest BCUT2D eigenvalue weighted by Gasteiger charge is -2.34. The molecule has 2 fully saturated rings. The molecule has 1 saturated carbocycles. The van der Waals surface area contributed by atoms with Crippen LogP contribution in [0.4, 0.5) is 0 Å². The van der Waals surface area contributed by atoms with E-state index in [1.54, 1.807) is 0 Å². The Morgan fingerprint density at radius 2 is 2.23 bits per heavy atom. The molecule has 1 aliphatic heterocycles. The van der Waals surface area contributed by atoms with E-state index in [1.165, 1.54) is 19.3 Å². The molecule has 0 amide bonds. The van der Waals surface area contributed by atoms with E-state index in [0.717, 1.165) is 13.0 Å². The highest BCUT2D eigenvalue weighted by Gasteiger charge is 2.40. The van der Waals surface area contributed by atoms with Crippen LogP contribution >= 0.6 is 0 Å². The van der Waals surface area contributed by atoms with Gasteiger partial charge in [-0.2, -0.15) is 0 Å². The van der Waals surface area contributed by atoms with E-state index >= 15 is 0 Å². The van der Waals surface area contributed by atoms with Crippen molar-refractivity contribution in [3.05, 3.63) is 0 Å². The molecule has 0 spiro atoms. The number of rotatable bonds is 1. The van der Waals surface area contributed by atoms with Gasteiger partial charge in [-0.25, -0.2) is 0 Å². The van der Waals surface area contributed by atoms with Crippen LogP contribution in [0.25, 0.3) is 0 Å². The van der Waals surface area contributed by atoms with Gasteiger partial charge in [-0.05, 0) is 18.3 Å². The van der Waals surface area contributed by atoms with E-state index in [2.05, 4.69) is 18.7 Å². The fourth-order valence-corrected chi connectivity index (χ4v) is 2.90. The zero-order chi connectivity index (χ0) is 9.47. The molecule has 0 bridgehead atoms. The van der Waals surface area contributed by atoms with Crippen LogP contribution in [0.15, 0.2) is 0 Å². The highest BCUT2D eigenvalue weighted by Crippen LogP contribution is 2.41. The molecule has 2 heteroatoms. The molecule has 1 aliphatic carbocycles. The Morgan fingerprint density at radius 1 is 1.46 bits per heavy atom. The van der Waals surface area contributed by atoms with Crippen LogP contribution in [0.2, 0.25) is 0 Å². The molecule has 0 radical (unpaired) electrons. The van der Waals surface area contributed by atoms with Gasteiger partial charge in [0.15, 0.2) is 0 Å². The average molecular weight is 181 g/mol. The maximum absolute atomic E-state index is 11.2. The highest BCUT2D eigenvalue weighted by molar-refractivity contribution is 5.82. The quantitative estimate of drug-likeness (QED) is 0.615. The van der Waals surface area contributed by atoms with Crippen LogP contribution in [0.5, 0.6) is 0 Å². The summed E-state index contributed by atoms with van der Waals surface area (Å²) in [7, 11) is 0. The largest absolute Gasteiger partial charge is 0.298 e. The first-order chi connectivity index (χ1) is 6.09. The minimum Gasteiger partial charge on any atom is -0.298 e. The first-order valence-electron chi connectivity index (χ1n) is 5.35. The summed E-state index contributed by atoms with van der Waals surface area (Å²) in [6, 6.07) is 0.666. The SMILES string of the molecule is CC1(C)CCCC1N1CCC(=O)C1. The first-order valence-corrected chi connectivity index (χ1v) is 5.35. The zero-order valence-corrected chi connectivity index (χ0v) is 8.68. The Bertz CT molecular complexity index is 222. The van der Waals surface area contributed by atoms with Gasteiger partial charge in [0.2, 0.25) is 0 Å². The predicted molar refractivity (Wildman–Crippen MR) is 52.6 cm³/mol. The number of hydrogen-bond donors (Lipinski definition) is 0. The summed E-state index contributed by atoms with van der Waals surface area (Å²) >= 11 is 0. The Balaban J connectivity index is 2.04. The van der Waals surface area contributed by atoms with E-state index in [9.17, 15) is 4.79 Å². The van der Waals surface area contributed by atoms with Crippen LogP contribution in [-0.2, 0) is 4.79 Å². The van der Waals surface area contributed by atoms with Crippen LogP contribution in [0.1, 0.15) is 39.5 Å². The fraction of sp³-hybridized carbons (Fsp3) is 0.909. The fourth-order valence-electron chi connectivity index (χ4n) is 2.90. The summed E-state index contributed by atoms with van der Waals surface area (Å²) in [5.74, 6) is 0.433. The van der Waals surface area contributed by atoms with Crippen molar-refractivity contribution in [3.8, 4) is 0 Å². The maximum Gasteiger partial charge on any atom is 0.148 e. The third-order valence-electron chi connectivity index (χ3n) is 3.70. The summed E-state index contributed by atoms with van der Waals surface area (Å²) in [6.45, 7) is 6.40. The van der Waals surface area contributed by atoms with Crippen molar-refractivity contribution in [2.45, 2.75) is 45.6 Å². The zero-order valence-electron chi connectivity index (χ0n) is 8.68. The van der Waals surface area contributed by atoms with Crippen LogP contribution in [-0.4, -0.2) is 29.8 Å². The molecule has 0 aromatic carbocycles. The minimum absolute atomic E-state index is 0.433. The highest BCUT2D eigenvalue weighted by atomic mass is 16.1. The molecule has 0 aromatic rings. The normalized spacial score (nSPS) is 34.3. The van der Waals surface area contributed by atoms with Crippen molar-refractivity contribution in [1.82, 2.24) is 4.90 Å². The number of hydrogen-bond acceptors (Lipinski definition) is 2. The molecule has 1 heterocycles. The van der Waals surface area contributed by atoms with E-state index in [1.807, 2.05) is 0 Å². The van der Waals surface area contributed by atoms with Crippen molar-refractivity contribution in [2.24, 2.45) is 5.41 Å². The summed E-state index contributed by atoms with van der Waals surface area (Å²) in [4.78, 5) is 13.6. The van der Waals surface area contributed by atoms with Gasteiger partial charge in [-0.1, -0.05) is 20.3 Å². The first kappa shape index (κ1) is 9.20. The molecule has 2 aliphatic rings. The Kier molecular flexibility index (Phi) is 2.18. The summed E-state index contributed by atoms with van der Waals surface area (Å²) in [6.07, 6.45) is 4.73. The number of likely N-dealkylation sites (tertiary alicyclic amines) is 1. The van der Waals surface area contributed by atoms with Crippen LogP contribution < -0.4 is 0 Å². The van der Waals surface area contributed by atoms with Gasteiger partial charge in [0.05, 0.1) is 6.54 Å². The summed E-state index contributed by atoms with van der Waals surface area (Å²) in [5, 5.41) is 0. The van der Waals surface area contributed by atoms with E-state index in [-0.39, 0.29) is 0 Å². The topological polar surface area (TPSA) is 20.3 Å². The van der Waals surface area contributed by atoms with Crippen molar-refractivity contribution in [1.29, 1.82) is 0 Å². The van der Waals surface area contributed by atoms with Crippen LogP contribution in [0, 0.1) is 5.41 Å². The van der Waals surface area contributed by atoms with Gasteiger partial charge in [0, 0.05) is 19.0 Å². The molecule has 2 nitrogen and oxygen atoms in total. The van der Waals surface area contributed by atoms with Gasteiger partial charge >= 0.3 is 0 Å². The lowest BCUT2D eigenvalue weighted by Crippen LogP contribution is -2.40. The smallest absolute Gasteiger partial charge is 0.148 e. The summed E-state index contributed by atoms with van der Waals surface area (Å²) in [5.41, 5.74) is 0.435. The Morgan fingerprint density at radius 3 is 2.69 bits per heavy atom. The van der Waals surface area contributed by atoms with Crippen molar-refractivity contribution < 1.29 is 4.79 Å². The molecule has 0 N–H and O–H groups in total. The molecule has 1 unspecified atom stereocenters. The third-order valence-corrected chi connectivity index (χ3v) is 3.70. The molecule has 74 valence electrons. The number of Topliss-reactive ketones (excluding diaryl/α,β-unsaturated/α-hetero) is 1. The second kappa shape index (κ2) is 3.09. The van der Waals surface area contributed by atoms with Gasteiger partial charge in [-0.3, -0.25) is 9.69 Å². The lowest BCUT2D eigenvalue weighted by molar-refractivity contribution is -0.117. The number of ketones is 1. The molecule has 0 aromatic heterocycles. The molecule has 1 atom stereocenters. The number of carbonyl (C=O) groups is 1. The van der Waals surface area contributed by atoms with E-state index < -0.39 is 0 Å². The molecular weight excluding hydrogens is 162 g/mol. The molecule has 1 saturated heterocycles. The average Bonchev–Trinajstić information content (AvgIpc) is 2.56. The number of nitrogens with zero attached hydrogens (tertiary/aromatic N) is 1. The standard InChI is InChI=1S/C11H19NO/c1-11(2)6-3-4-10(11)12-7-5-9(13)8-12/h10H,3-8H2,1-2H3. The molecular formula is C11H19NO. The number of carbonyl (C=O) groups excluding carboxylic acids is 1. The maximum atomic E-state index is 11.2. The minimum atomic E-state index is 0.433. The summed E-state index contributed by atoms with van der Waals surface area (Å²) < 4.78 is 0. The lowest BCUT2D eigenvalue weighted by atomic mass is 9.86. The van der Waals surface area contributed by atoms with Crippen molar-refractivity contribution in [2.75, 3.05) is 13.1 Å². The molecule has 2 rings (SSSR count). The van der Waals surface area contributed by atoms with Crippen LogP contribution in [0.3, 0.4) is 0 Å². The van der Waals surface area contributed by atoms with Crippen molar-refractivity contribution in [3.63, 3.8) is 0 Å². The van der Waals surface area contributed by atoms with Gasteiger partial charge < -0.3 is 0 Å². The van der Waals surface area contributed by atoms with E-state index in [4.69, 9.17) is 0 Å². The Labute approximate surface area is 80.3 Å². The van der Waals surface area contributed by atoms with Crippen molar-refractivity contribution >= 4 is 5.78 Å². The second-order valence-electron chi connectivity index (χ2n) is 5.16. The van der Waals surface area contributed by atoms with Gasteiger partial charge in [0.25, 0.3) is 0 Å².